The average molecular weight is 305 g/mol. The number of nitrogens with one attached hydrogen (secondary N) is 1. The molecule has 120 valence electrons. The van der Waals surface area contributed by atoms with Crippen LogP contribution in [0.1, 0.15) is 38.8 Å². The molecule has 0 aliphatic heterocycles. The molecule has 0 radical (unpaired) electrons. The molecule has 0 bridgehead atoms. The van der Waals surface area contributed by atoms with Crippen molar-refractivity contribution in [3.8, 4) is 5.75 Å². The van der Waals surface area contributed by atoms with Gasteiger partial charge < -0.3 is 14.8 Å². The number of halogens is 3. The normalized spacial score (nSPS) is 12.5. The van der Waals surface area contributed by atoms with Gasteiger partial charge in [-0.15, -0.1) is 0 Å². The Labute approximate surface area is 123 Å². The Morgan fingerprint density at radius 3 is 2.33 bits per heavy atom. The van der Waals surface area contributed by atoms with Crippen LogP contribution < -0.4 is 10.1 Å². The lowest BCUT2D eigenvalue weighted by molar-refractivity contribution is -0.139. The lowest BCUT2D eigenvalue weighted by Crippen LogP contribution is -2.35. The molecule has 1 rings (SSSR count). The molecular formula is C15H22F3NO2. The highest BCUT2D eigenvalue weighted by Gasteiger charge is 2.34. The Kier molecular flexibility index (Phi) is 6.04. The molecule has 6 heteroatoms. The molecule has 0 spiro atoms. The molecule has 1 aromatic carbocycles. The third-order valence-electron chi connectivity index (χ3n) is 2.67. The maximum Gasteiger partial charge on any atom is 0.419 e. The van der Waals surface area contributed by atoms with Crippen LogP contribution in [-0.4, -0.2) is 18.9 Å². The Morgan fingerprint density at radius 2 is 1.81 bits per heavy atom. The highest BCUT2D eigenvalue weighted by atomic mass is 19.4. The van der Waals surface area contributed by atoms with Gasteiger partial charge in [0.05, 0.1) is 5.56 Å². The van der Waals surface area contributed by atoms with Crippen LogP contribution >= 0.6 is 0 Å². The minimum absolute atomic E-state index is 0.164. The molecule has 0 aromatic heterocycles. The molecular weight excluding hydrogens is 283 g/mol. The van der Waals surface area contributed by atoms with Crippen LogP contribution in [0.5, 0.6) is 5.75 Å². The van der Waals surface area contributed by atoms with Gasteiger partial charge in [-0.1, -0.05) is 6.07 Å². The number of benzene rings is 1. The van der Waals surface area contributed by atoms with Gasteiger partial charge in [0.25, 0.3) is 0 Å². The minimum atomic E-state index is -4.46. The summed E-state index contributed by atoms with van der Waals surface area (Å²) in [6, 6.07) is 4.07. The summed E-state index contributed by atoms with van der Waals surface area (Å²) in [7, 11) is 0. The number of alkyl halides is 3. The van der Waals surface area contributed by atoms with Crippen LogP contribution in [0.15, 0.2) is 18.2 Å². The van der Waals surface area contributed by atoms with E-state index >= 15 is 0 Å². The Hall–Kier alpha value is -1.27. The van der Waals surface area contributed by atoms with Crippen molar-refractivity contribution in [2.24, 2.45) is 0 Å². The van der Waals surface area contributed by atoms with Gasteiger partial charge in [-0.2, -0.15) is 13.2 Å². The lowest BCUT2D eigenvalue weighted by atomic mass is 10.1. The van der Waals surface area contributed by atoms with Gasteiger partial charge in [0.1, 0.15) is 5.75 Å². The summed E-state index contributed by atoms with van der Waals surface area (Å²) in [5.74, 6) is -0.213. The second-order valence-corrected chi connectivity index (χ2v) is 5.69. The van der Waals surface area contributed by atoms with Gasteiger partial charge in [-0.25, -0.2) is 0 Å². The van der Waals surface area contributed by atoms with E-state index in [1.807, 2.05) is 20.8 Å². The molecule has 0 heterocycles. The van der Waals surface area contributed by atoms with Crippen molar-refractivity contribution in [3.05, 3.63) is 29.3 Å². The monoisotopic (exact) mass is 305 g/mol. The van der Waals surface area contributed by atoms with E-state index in [0.29, 0.717) is 18.7 Å². The fourth-order valence-electron chi connectivity index (χ4n) is 1.59. The molecule has 0 fully saturated rings. The number of rotatable bonds is 6. The van der Waals surface area contributed by atoms with E-state index in [2.05, 4.69) is 5.32 Å². The zero-order chi connectivity index (χ0) is 16.1. The lowest BCUT2D eigenvalue weighted by Gasteiger charge is -2.21. The highest BCUT2D eigenvalue weighted by molar-refractivity contribution is 5.39. The summed E-state index contributed by atoms with van der Waals surface area (Å²) >= 11 is 0. The summed E-state index contributed by atoms with van der Waals surface area (Å²) < 4.78 is 49.2. The topological polar surface area (TPSA) is 30.5 Å². The van der Waals surface area contributed by atoms with E-state index in [0.717, 1.165) is 6.07 Å². The van der Waals surface area contributed by atoms with E-state index in [4.69, 9.17) is 9.47 Å². The van der Waals surface area contributed by atoms with Crippen molar-refractivity contribution in [1.82, 2.24) is 5.32 Å². The predicted octanol–water partition coefficient (Wildman–Crippen LogP) is 3.97. The van der Waals surface area contributed by atoms with E-state index < -0.39 is 11.7 Å². The van der Waals surface area contributed by atoms with Gasteiger partial charge in [0.2, 0.25) is 0 Å². The first kappa shape index (κ1) is 17.8. The summed E-state index contributed by atoms with van der Waals surface area (Å²) in [5, 5.41) is 3.16. The highest BCUT2D eigenvalue weighted by Crippen LogP contribution is 2.36. The molecule has 0 aliphatic rings. The largest absolute Gasteiger partial charge is 0.467 e. The van der Waals surface area contributed by atoms with Gasteiger partial charge in [-0.05, 0) is 45.4 Å². The van der Waals surface area contributed by atoms with Crippen molar-refractivity contribution in [3.63, 3.8) is 0 Å². The number of hydrogen-bond donors (Lipinski definition) is 1. The summed E-state index contributed by atoms with van der Waals surface area (Å²) in [6.07, 6.45) is -4.46. The molecule has 1 N–H and O–H groups in total. The fraction of sp³-hybridized carbons (Fsp3) is 0.600. The Bertz CT molecular complexity index is 453. The van der Waals surface area contributed by atoms with Gasteiger partial charge >= 0.3 is 6.18 Å². The Morgan fingerprint density at radius 1 is 1.14 bits per heavy atom. The molecule has 0 saturated heterocycles. The summed E-state index contributed by atoms with van der Waals surface area (Å²) in [5.41, 5.74) is -0.390. The molecule has 3 nitrogen and oxygen atoms in total. The van der Waals surface area contributed by atoms with Crippen LogP contribution in [0, 0.1) is 0 Å². The van der Waals surface area contributed by atoms with E-state index in [1.54, 1.807) is 13.0 Å². The predicted molar refractivity (Wildman–Crippen MR) is 75.2 cm³/mol. The maximum atomic E-state index is 13.1. The average Bonchev–Trinajstić information content (AvgIpc) is 2.35. The van der Waals surface area contributed by atoms with E-state index in [9.17, 15) is 13.2 Å². The van der Waals surface area contributed by atoms with Crippen LogP contribution in [0.3, 0.4) is 0 Å². The molecule has 0 atom stereocenters. The molecule has 0 saturated carbocycles. The van der Waals surface area contributed by atoms with E-state index in [1.165, 1.54) is 6.07 Å². The first-order chi connectivity index (χ1) is 9.63. The van der Waals surface area contributed by atoms with Crippen LogP contribution in [0.25, 0.3) is 0 Å². The van der Waals surface area contributed by atoms with Crippen molar-refractivity contribution in [2.75, 3.05) is 13.4 Å². The quantitative estimate of drug-likeness (QED) is 0.637. The van der Waals surface area contributed by atoms with Crippen molar-refractivity contribution < 1.29 is 22.6 Å². The van der Waals surface area contributed by atoms with Crippen molar-refractivity contribution in [2.45, 2.75) is 46.0 Å². The SMILES string of the molecule is CCOCOc1ccc(CNC(C)(C)C)cc1C(F)(F)F. The van der Waals surface area contributed by atoms with Gasteiger partial charge in [-0.3, -0.25) is 0 Å². The minimum Gasteiger partial charge on any atom is -0.467 e. The number of ether oxygens (including phenoxy) is 2. The van der Waals surface area contributed by atoms with Gasteiger partial charge in [0, 0.05) is 18.7 Å². The standard InChI is InChI=1S/C15H22F3NO2/c1-5-20-10-21-13-7-6-11(9-19-14(2,3)4)8-12(13)15(16,17)18/h6-8,19H,5,9-10H2,1-4H3. The van der Waals surface area contributed by atoms with Crippen LogP contribution in [0.2, 0.25) is 0 Å². The molecule has 0 unspecified atom stereocenters. The molecule has 21 heavy (non-hydrogen) atoms. The van der Waals surface area contributed by atoms with Crippen LogP contribution in [-0.2, 0) is 17.5 Å². The molecule has 0 aliphatic carbocycles. The van der Waals surface area contributed by atoms with E-state index in [-0.39, 0.29) is 18.1 Å². The molecule has 0 amide bonds. The fourth-order valence-corrected chi connectivity index (χ4v) is 1.59. The van der Waals surface area contributed by atoms with Crippen molar-refractivity contribution >= 4 is 0 Å². The second-order valence-electron chi connectivity index (χ2n) is 5.69. The smallest absolute Gasteiger partial charge is 0.419 e. The van der Waals surface area contributed by atoms with Crippen molar-refractivity contribution in [1.29, 1.82) is 0 Å². The van der Waals surface area contributed by atoms with Crippen LogP contribution in [0.4, 0.5) is 13.2 Å². The third-order valence-corrected chi connectivity index (χ3v) is 2.67. The Balaban J connectivity index is 2.91. The first-order valence-corrected chi connectivity index (χ1v) is 6.79. The zero-order valence-electron chi connectivity index (χ0n) is 12.8. The summed E-state index contributed by atoms with van der Waals surface area (Å²) in [6.45, 7) is 8.16. The summed E-state index contributed by atoms with van der Waals surface area (Å²) in [4.78, 5) is 0. The molecule has 1 aromatic rings. The number of hydrogen-bond acceptors (Lipinski definition) is 3. The van der Waals surface area contributed by atoms with Gasteiger partial charge in [0.15, 0.2) is 6.79 Å². The maximum absolute atomic E-state index is 13.1. The zero-order valence-corrected chi connectivity index (χ0v) is 12.8. The first-order valence-electron chi connectivity index (χ1n) is 6.79. The third kappa shape index (κ3) is 6.35. The second kappa shape index (κ2) is 7.13.